The zero-order valence-electron chi connectivity index (χ0n) is 15.4. The Kier molecular flexibility index (Phi) is 5.68. The number of anilines is 1. The molecular formula is C20H14F5N3O2. The molecule has 0 spiro atoms. The summed E-state index contributed by atoms with van der Waals surface area (Å²) in [6, 6.07) is 9.31. The van der Waals surface area contributed by atoms with Crippen molar-refractivity contribution in [3.8, 4) is 11.6 Å². The van der Waals surface area contributed by atoms with Crippen LogP contribution in [0.25, 0.3) is 0 Å². The van der Waals surface area contributed by atoms with E-state index in [4.69, 9.17) is 4.74 Å². The lowest BCUT2D eigenvalue weighted by atomic mass is 10.1. The fraction of sp³-hybridized carbons (Fsp3) is 0.150. The normalized spacial score (nSPS) is 11.8. The number of benzene rings is 1. The van der Waals surface area contributed by atoms with Crippen LogP contribution in [0.5, 0.6) is 11.6 Å². The van der Waals surface area contributed by atoms with Crippen LogP contribution in [0.15, 0.2) is 60.9 Å². The minimum absolute atomic E-state index is 0.0944. The van der Waals surface area contributed by atoms with Gasteiger partial charge in [0.25, 0.3) is 5.91 Å². The van der Waals surface area contributed by atoms with Crippen molar-refractivity contribution >= 4 is 11.6 Å². The summed E-state index contributed by atoms with van der Waals surface area (Å²) in [5.74, 6) is -4.94. The van der Waals surface area contributed by atoms with E-state index in [9.17, 15) is 26.7 Å². The van der Waals surface area contributed by atoms with Crippen LogP contribution < -0.4 is 10.1 Å². The highest BCUT2D eigenvalue weighted by Crippen LogP contribution is 2.43. The van der Waals surface area contributed by atoms with Crippen LogP contribution >= 0.6 is 0 Å². The summed E-state index contributed by atoms with van der Waals surface area (Å²) >= 11 is 0. The van der Waals surface area contributed by atoms with E-state index < -0.39 is 23.6 Å². The number of nitrogens with one attached hydrogen (secondary N) is 1. The first-order valence-electron chi connectivity index (χ1n) is 8.50. The lowest BCUT2D eigenvalue weighted by Crippen LogP contribution is -2.33. The predicted molar refractivity (Wildman–Crippen MR) is 97.6 cm³/mol. The number of halogens is 5. The van der Waals surface area contributed by atoms with Gasteiger partial charge >= 0.3 is 12.1 Å². The summed E-state index contributed by atoms with van der Waals surface area (Å²) in [6.07, 6.45) is -2.79. The van der Waals surface area contributed by atoms with Crippen LogP contribution in [0.3, 0.4) is 0 Å². The Labute approximate surface area is 167 Å². The maximum Gasteiger partial charge on any atom is 0.458 e. The molecule has 156 valence electrons. The molecule has 3 rings (SSSR count). The summed E-state index contributed by atoms with van der Waals surface area (Å²) < 4.78 is 69.4. The number of rotatable bonds is 5. The highest BCUT2D eigenvalue weighted by molar-refractivity contribution is 6.04. The smallest absolute Gasteiger partial charge is 0.437 e. The number of aromatic nitrogens is 2. The zero-order chi connectivity index (χ0) is 21.9. The minimum atomic E-state index is -5.72. The Morgan fingerprint density at radius 1 is 0.967 bits per heavy atom. The number of aryl methyl sites for hydroxylation is 1. The lowest BCUT2D eigenvalue weighted by Gasteiger charge is -2.19. The van der Waals surface area contributed by atoms with Gasteiger partial charge < -0.3 is 10.1 Å². The first-order chi connectivity index (χ1) is 14.1. The number of carbonyl (C=O) groups is 1. The van der Waals surface area contributed by atoms with Crippen molar-refractivity contribution in [3.63, 3.8) is 0 Å². The van der Waals surface area contributed by atoms with Gasteiger partial charge in [0.1, 0.15) is 0 Å². The Bertz CT molecular complexity index is 1040. The van der Waals surface area contributed by atoms with E-state index in [0.29, 0.717) is 23.6 Å². The number of nitrogens with zero attached hydrogens (tertiary/aromatic N) is 2. The van der Waals surface area contributed by atoms with Gasteiger partial charge in [0.2, 0.25) is 5.88 Å². The molecule has 5 nitrogen and oxygen atoms in total. The third kappa shape index (κ3) is 4.53. The molecule has 0 saturated carbocycles. The van der Waals surface area contributed by atoms with E-state index in [1.807, 2.05) is 0 Å². The van der Waals surface area contributed by atoms with Gasteiger partial charge in [-0.25, -0.2) is 4.98 Å². The molecule has 0 aliphatic rings. The predicted octanol–water partition coefficient (Wildman–Crippen LogP) is 5.48. The van der Waals surface area contributed by atoms with Crippen molar-refractivity contribution in [2.75, 3.05) is 5.32 Å². The summed E-state index contributed by atoms with van der Waals surface area (Å²) in [4.78, 5) is 20.3. The number of hydrogen-bond acceptors (Lipinski definition) is 4. The number of carbonyl (C=O) groups excluding carboxylic acids is 1. The largest absolute Gasteiger partial charge is 0.458 e. The zero-order valence-corrected chi connectivity index (χ0v) is 15.4. The van der Waals surface area contributed by atoms with Crippen molar-refractivity contribution in [2.45, 2.75) is 19.0 Å². The minimum Gasteiger partial charge on any atom is -0.437 e. The molecular weight excluding hydrogens is 409 g/mol. The van der Waals surface area contributed by atoms with Gasteiger partial charge in [-0.1, -0.05) is 12.1 Å². The van der Waals surface area contributed by atoms with Gasteiger partial charge in [0.05, 0.1) is 17.6 Å². The maximum absolute atomic E-state index is 13.3. The molecule has 0 radical (unpaired) electrons. The van der Waals surface area contributed by atoms with Crippen molar-refractivity contribution in [2.24, 2.45) is 0 Å². The molecule has 1 N–H and O–H groups in total. The van der Waals surface area contributed by atoms with Gasteiger partial charge in [0, 0.05) is 23.4 Å². The fourth-order valence-electron chi connectivity index (χ4n) is 2.40. The molecule has 0 saturated heterocycles. The van der Waals surface area contributed by atoms with Gasteiger partial charge in [0.15, 0.2) is 5.75 Å². The Morgan fingerprint density at radius 3 is 2.23 bits per heavy atom. The molecule has 3 aromatic rings. The SMILES string of the molecule is Cc1ncccc1Oc1ccc(NC(=O)c2ccc(C(F)(F)C(F)(F)F)cc2)cn1. The highest BCUT2D eigenvalue weighted by atomic mass is 19.4. The van der Waals surface area contributed by atoms with E-state index in [1.165, 1.54) is 18.3 Å². The van der Waals surface area contributed by atoms with Crippen molar-refractivity contribution < 1.29 is 31.5 Å². The molecule has 0 bridgehead atoms. The second-order valence-corrected chi connectivity index (χ2v) is 6.18. The maximum atomic E-state index is 13.3. The van der Waals surface area contributed by atoms with E-state index in [-0.39, 0.29) is 17.1 Å². The first-order valence-corrected chi connectivity index (χ1v) is 8.50. The molecule has 0 unspecified atom stereocenters. The molecule has 0 aliphatic carbocycles. The first kappa shape index (κ1) is 21.2. The molecule has 30 heavy (non-hydrogen) atoms. The lowest BCUT2D eigenvalue weighted by molar-refractivity contribution is -0.289. The number of alkyl halides is 5. The summed E-state index contributed by atoms with van der Waals surface area (Å²) in [6.45, 7) is 1.76. The average molecular weight is 423 g/mol. The standard InChI is InChI=1S/C20H14F5N3O2/c1-12-16(3-2-10-26-12)30-17-9-8-15(11-27-17)28-18(29)13-4-6-14(7-5-13)19(21,22)20(23,24)25/h2-11H,1H3,(H,28,29). The number of pyridine rings is 2. The van der Waals surface area contributed by atoms with E-state index in [1.54, 1.807) is 25.3 Å². The van der Waals surface area contributed by atoms with Crippen molar-refractivity contribution in [1.29, 1.82) is 0 Å². The molecule has 10 heteroatoms. The second kappa shape index (κ2) is 8.05. The van der Waals surface area contributed by atoms with E-state index in [0.717, 1.165) is 12.1 Å². The monoisotopic (exact) mass is 423 g/mol. The van der Waals surface area contributed by atoms with E-state index >= 15 is 0 Å². The highest BCUT2D eigenvalue weighted by Gasteiger charge is 2.58. The molecule has 1 aromatic carbocycles. The van der Waals surface area contributed by atoms with Crippen LogP contribution in [0.2, 0.25) is 0 Å². The van der Waals surface area contributed by atoms with Gasteiger partial charge in [-0.05, 0) is 37.3 Å². The molecule has 0 aliphatic heterocycles. The van der Waals surface area contributed by atoms with Gasteiger partial charge in [-0.15, -0.1) is 0 Å². The molecule has 2 heterocycles. The fourth-order valence-corrected chi connectivity index (χ4v) is 2.40. The average Bonchev–Trinajstić information content (AvgIpc) is 2.70. The molecule has 2 aromatic heterocycles. The molecule has 0 atom stereocenters. The van der Waals surface area contributed by atoms with Crippen LogP contribution in [0.1, 0.15) is 21.6 Å². The quantitative estimate of drug-likeness (QED) is 0.552. The van der Waals surface area contributed by atoms with Gasteiger partial charge in [-0.3, -0.25) is 9.78 Å². The number of ether oxygens (including phenoxy) is 1. The second-order valence-electron chi connectivity index (χ2n) is 6.18. The van der Waals surface area contributed by atoms with Crippen LogP contribution in [-0.2, 0) is 5.92 Å². The number of hydrogen-bond donors (Lipinski definition) is 1. The molecule has 1 amide bonds. The summed E-state index contributed by atoms with van der Waals surface area (Å²) in [5, 5.41) is 2.47. The Balaban J connectivity index is 1.67. The van der Waals surface area contributed by atoms with Crippen LogP contribution in [-0.4, -0.2) is 22.1 Å². The van der Waals surface area contributed by atoms with Crippen molar-refractivity contribution in [3.05, 3.63) is 77.7 Å². The summed E-state index contributed by atoms with van der Waals surface area (Å²) in [5.41, 5.74) is -0.403. The summed E-state index contributed by atoms with van der Waals surface area (Å²) in [7, 11) is 0. The topological polar surface area (TPSA) is 64.1 Å². The van der Waals surface area contributed by atoms with Crippen LogP contribution in [0, 0.1) is 6.92 Å². The van der Waals surface area contributed by atoms with Crippen molar-refractivity contribution in [1.82, 2.24) is 9.97 Å². The third-order valence-electron chi connectivity index (χ3n) is 4.03. The van der Waals surface area contributed by atoms with E-state index in [2.05, 4.69) is 15.3 Å². The molecule has 0 fully saturated rings. The number of amides is 1. The Morgan fingerprint density at radius 2 is 1.67 bits per heavy atom. The van der Waals surface area contributed by atoms with Crippen LogP contribution in [0.4, 0.5) is 27.6 Å². The third-order valence-corrected chi connectivity index (χ3v) is 4.03. The Hall–Kier alpha value is -3.56. The van der Waals surface area contributed by atoms with Gasteiger partial charge in [-0.2, -0.15) is 22.0 Å².